The van der Waals surface area contributed by atoms with Gasteiger partial charge in [-0.2, -0.15) is 0 Å². The predicted molar refractivity (Wildman–Crippen MR) is 115 cm³/mol. The van der Waals surface area contributed by atoms with Crippen LogP contribution in [0.3, 0.4) is 0 Å². The van der Waals surface area contributed by atoms with Gasteiger partial charge in [-0.25, -0.2) is 4.99 Å². The van der Waals surface area contributed by atoms with Gasteiger partial charge in [-0.15, -0.1) is 0 Å². The molecule has 1 saturated heterocycles. The second-order valence-corrected chi connectivity index (χ2v) is 8.49. The number of nitrogens with one attached hydrogen (secondary N) is 1. The Morgan fingerprint density at radius 3 is 2.54 bits per heavy atom. The average Bonchev–Trinajstić information content (AvgIpc) is 2.87. The highest BCUT2D eigenvalue weighted by molar-refractivity contribution is 14.1. The Labute approximate surface area is 174 Å². The molecule has 1 unspecified atom stereocenters. The quantitative estimate of drug-likeness (QED) is 0.629. The lowest BCUT2D eigenvalue weighted by Crippen LogP contribution is -2.30. The smallest absolute Gasteiger partial charge is 0.242 e. The minimum Gasteiger partial charge on any atom is -0.326 e. The van der Waals surface area contributed by atoms with Gasteiger partial charge >= 0.3 is 0 Å². The third kappa shape index (κ3) is 4.77. The Hall–Kier alpha value is -1.58. The summed E-state index contributed by atoms with van der Waals surface area (Å²) in [5.74, 6) is -0.340. The van der Waals surface area contributed by atoms with Crippen LogP contribution >= 0.6 is 46.0 Å². The summed E-state index contributed by atoms with van der Waals surface area (Å²) in [7, 11) is 1.68. The van der Waals surface area contributed by atoms with Crippen molar-refractivity contribution in [1.82, 2.24) is 4.90 Å². The van der Waals surface area contributed by atoms with E-state index in [9.17, 15) is 9.59 Å². The molecule has 0 spiro atoms. The Morgan fingerprint density at radius 2 is 1.88 bits per heavy atom. The normalized spacial score (nSPS) is 18.4. The van der Waals surface area contributed by atoms with Gasteiger partial charge in [0.1, 0.15) is 5.25 Å². The second-order valence-electron chi connectivity index (χ2n) is 5.63. The average molecular weight is 500 g/mol. The van der Waals surface area contributed by atoms with Crippen LogP contribution in [0.15, 0.2) is 53.5 Å². The van der Waals surface area contributed by atoms with Crippen LogP contribution in [0.25, 0.3) is 0 Å². The summed E-state index contributed by atoms with van der Waals surface area (Å²) < 4.78 is 1.12. The number of amides is 2. The zero-order valence-corrected chi connectivity index (χ0v) is 17.5. The number of halogens is 2. The molecule has 0 aliphatic carbocycles. The fourth-order valence-electron chi connectivity index (χ4n) is 2.34. The van der Waals surface area contributed by atoms with E-state index < -0.39 is 5.25 Å². The Balaban J connectivity index is 1.65. The molecular weight excluding hydrogens is 485 g/mol. The Morgan fingerprint density at radius 1 is 1.23 bits per heavy atom. The van der Waals surface area contributed by atoms with E-state index in [-0.39, 0.29) is 18.2 Å². The van der Waals surface area contributed by atoms with Crippen LogP contribution in [0.1, 0.15) is 6.42 Å². The van der Waals surface area contributed by atoms with Crippen LogP contribution in [0.4, 0.5) is 11.4 Å². The minimum atomic E-state index is -0.477. The van der Waals surface area contributed by atoms with E-state index in [0.29, 0.717) is 15.9 Å². The number of hydrogen-bond donors (Lipinski definition) is 1. The van der Waals surface area contributed by atoms with E-state index in [1.807, 2.05) is 24.3 Å². The summed E-state index contributed by atoms with van der Waals surface area (Å²) in [6.07, 6.45) is 0.0855. The number of carbonyl (C=O) groups excluding carboxylic acids is 2. The third-order valence-corrected chi connectivity index (χ3v) is 5.89. The van der Waals surface area contributed by atoms with Crippen LogP contribution in [-0.2, 0) is 9.59 Å². The molecule has 0 aromatic heterocycles. The lowest BCUT2D eigenvalue weighted by atomic mass is 10.2. The van der Waals surface area contributed by atoms with Gasteiger partial charge in [0.05, 0.1) is 5.69 Å². The molecule has 0 bridgehead atoms. The highest BCUT2D eigenvalue weighted by Crippen LogP contribution is 2.31. The summed E-state index contributed by atoms with van der Waals surface area (Å²) in [5.41, 5.74) is 1.43. The summed E-state index contributed by atoms with van der Waals surface area (Å²) in [5, 5.41) is 3.50. The molecule has 1 aliphatic heterocycles. The van der Waals surface area contributed by atoms with E-state index in [4.69, 9.17) is 11.6 Å². The second kappa shape index (κ2) is 8.41. The minimum absolute atomic E-state index is 0.0855. The summed E-state index contributed by atoms with van der Waals surface area (Å²) >= 11 is 9.37. The lowest BCUT2D eigenvalue weighted by Gasteiger charge is -2.09. The summed E-state index contributed by atoms with van der Waals surface area (Å²) in [6, 6.07) is 14.6. The largest absolute Gasteiger partial charge is 0.326 e. The van der Waals surface area contributed by atoms with E-state index in [2.05, 4.69) is 32.9 Å². The van der Waals surface area contributed by atoms with Crippen LogP contribution in [0.2, 0.25) is 5.02 Å². The third-order valence-electron chi connectivity index (χ3n) is 3.69. The SMILES string of the molecule is CN1C(=O)C(CC(=O)Nc2ccc(Cl)cc2)SC1=Nc1ccc(I)cc1. The topological polar surface area (TPSA) is 61.8 Å². The first-order valence-electron chi connectivity index (χ1n) is 7.76. The molecule has 2 aromatic carbocycles. The molecule has 0 saturated carbocycles. The van der Waals surface area contributed by atoms with Gasteiger partial charge in [0.15, 0.2) is 5.17 Å². The zero-order chi connectivity index (χ0) is 18.7. The van der Waals surface area contributed by atoms with Crippen LogP contribution in [-0.4, -0.2) is 34.2 Å². The Bertz CT molecular complexity index is 856. The van der Waals surface area contributed by atoms with Crippen molar-refractivity contribution < 1.29 is 9.59 Å². The summed E-state index contributed by atoms with van der Waals surface area (Å²) in [4.78, 5) is 30.7. The van der Waals surface area contributed by atoms with E-state index in [0.717, 1.165) is 9.26 Å². The van der Waals surface area contributed by atoms with Crippen LogP contribution < -0.4 is 5.32 Å². The molecule has 3 rings (SSSR count). The Kier molecular flexibility index (Phi) is 6.20. The first-order valence-corrected chi connectivity index (χ1v) is 10.1. The van der Waals surface area contributed by atoms with Crippen molar-refractivity contribution in [1.29, 1.82) is 0 Å². The number of nitrogens with zero attached hydrogens (tertiary/aromatic N) is 2. The van der Waals surface area contributed by atoms with Crippen LogP contribution in [0, 0.1) is 3.57 Å². The number of carbonyl (C=O) groups is 2. The maximum Gasteiger partial charge on any atom is 0.242 e. The van der Waals surface area contributed by atoms with Gasteiger partial charge in [0.25, 0.3) is 0 Å². The number of thioether (sulfide) groups is 1. The van der Waals surface area contributed by atoms with Crippen molar-refractivity contribution in [3.63, 3.8) is 0 Å². The van der Waals surface area contributed by atoms with Crippen molar-refractivity contribution in [2.24, 2.45) is 4.99 Å². The number of aliphatic imine (C=N–C) groups is 1. The molecule has 26 heavy (non-hydrogen) atoms. The highest BCUT2D eigenvalue weighted by Gasteiger charge is 2.36. The first-order chi connectivity index (χ1) is 12.4. The predicted octanol–water partition coefficient (Wildman–Crippen LogP) is 4.53. The van der Waals surface area contributed by atoms with Crippen molar-refractivity contribution in [2.45, 2.75) is 11.7 Å². The van der Waals surface area contributed by atoms with Gasteiger partial charge < -0.3 is 5.32 Å². The van der Waals surface area contributed by atoms with Gasteiger partial charge in [-0.1, -0.05) is 23.4 Å². The van der Waals surface area contributed by atoms with E-state index in [1.165, 1.54) is 16.7 Å². The van der Waals surface area contributed by atoms with Crippen LogP contribution in [0.5, 0.6) is 0 Å². The molecule has 5 nitrogen and oxygen atoms in total. The molecule has 2 amide bonds. The zero-order valence-electron chi connectivity index (χ0n) is 13.8. The number of rotatable bonds is 4. The number of hydrogen-bond acceptors (Lipinski definition) is 4. The fourth-order valence-corrected chi connectivity index (χ4v) is 3.98. The van der Waals surface area contributed by atoms with Crippen molar-refractivity contribution in [2.75, 3.05) is 12.4 Å². The maximum absolute atomic E-state index is 12.4. The van der Waals surface area contributed by atoms with E-state index in [1.54, 1.807) is 31.3 Å². The molecule has 134 valence electrons. The van der Waals surface area contributed by atoms with Crippen molar-refractivity contribution >= 4 is 74.3 Å². The monoisotopic (exact) mass is 499 g/mol. The maximum atomic E-state index is 12.4. The van der Waals surface area contributed by atoms with Gasteiger partial charge in [-0.3, -0.25) is 14.5 Å². The number of anilines is 1. The van der Waals surface area contributed by atoms with Gasteiger partial charge in [0, 0.05) is 27.7 Å². The standard InChI is InChI=1S/C18H15ClIN3O2S/c1-23-17(25)15(10-16(24)21-13-6-2-11(19)3-7-13)26-18(23)22-14-8-4-12(20)5-9-14/h2-9,15H,10H2,1H3,(H,21,24). The van der Waals surface area contributed by atoms with Crippen molar-refractivity contribution in [3.05, 3.63) is 57.1 Å². The molecule has 8 heteroatoms. The fraction of sp³-hybridized carbons (Fsp3) is 0.167. The molecule has 2 aromatic rings. The molecule has 1 atom stereocenters. The summed E-state index contributed by atoms with van der Waals surface area (Å²) in [6.45, 7) is 0. The van der Waals surface area contributed by atoms with E-state index >= 15 is 0 Å². The first kappa shape index (κ1) is 19.2. The molecular formula is C18H15ClIN3O2S. The molecule has 1 fully saturated rings. The molecule has 1 aliphatic rings. The van der Waals surface area contributed by atoms with Crippen molar-refractivity contribution in [3.8, 4) is 0 Å². The number of benzene rings is 2. The van der Waals surface area contributed by atoms with Gasteiger partial charge in [-0.05, 0) is 71.1 Å². The molecule has 1 heterocycles. The lowest BCUT2D eigenvalue weighted by molar-refractivity contribution is -0.127. The highest BCUT2D eigenvalue weighted by atomic mass is 127. The molecule has 0 radical (unpaired) electrons. The van der Waals surface area contributed by atoms with Gasteiger partial charge in [0.2, 0.25) is 11.8 Å². The number of amidine groups is 1. The molecule has 1 N–H and O–H groups in total.